The predicted molar refractivity (Wildman–Crippen MR) is 127 cm³/mol. The van der Waals surface area contributed by atoms with Gasteiger partial charge in [-0.3, -0.25) is 4.79 Å². The molecule has 1 aliphatic rings. The number of hydrogen-bond donors (Lipinski definition) is 1. The molecule has 3 aromatic rings. The van der Waals surface area contributed by atoms with Gasteiger partial charge < -0.3 is 14.7 Å². The molecule has 0 radical (unpaired) electrons. The molecule has 0 spiro atoms. The van der Waals surface area contributed by atoms with Crippen molar-refractivity contribution in [3.8, 4) is 5.75 Å². The second kappa shape index (κ2) is 9.88. The monoisotopic (exact) mass is 458 g/mol. The zero-order valence-corrected chi connectivity index (χ0v) is 19.2. The number of nitrogens with zero attached hydrogens (tertiary/aromatic N) is 2. The molecule has 1 N–H and O–H groups in total. The van der Waals surface area contributed by atoms with Crippen molar-refractivity contribution in [1.29, 1.82) is 0 Å². The molecule has 164 valence electrons. The minimum Gasteiger partial charge on any atom is -0.493 e. The molecular formula is C24H27ClN2O3S. The van der Waals surface area contributed by atoms with E-state index in [0.29, 0.717) is 12.5 Å². The quantitative estimate of drug-likeness (QED) is 0.460. The van der Waals surface area contributed by atoms with Crippen LogP contribution in [0.2, 0.25) is 5.02 Å². The van der Waals surface area contributed by atoms with Crippen LogP contribution in [-0.2, 0) is 17.6 Å². The molecule has 7 heteroatoms. The second-order valence-electron chi connectivity index (χ2n) is 8.04. The van der Waals surface area contributed by atoms with Crippen molar-refractivity contribution in [3.05, 3.63) is 52.5 Å². The highest BCUT2D eigenvalue weighted by Gasteiger charge is 2.22. The lowest BCUT2D eigenvalue weighted by Gasteiger charge is -2.31. The number of aromatic nitrogens is 1. The Bertz CT molecular complexity index is 1060. The smallest absolute Gasteiger partial charge is 0.307 e. The molecule has 5 nitrogen and oxygen atoms in total. The van der Waals surface area contributed by atoms with Crippen LogP contribution in [-0.4, -0.2) is 35.8 Å². The summed E-state index contributed by atoms with van der Waals surface area (Å²) in [4.78, 5) is 18.1. The van der Waals surface area contributed by atoms with Crippen molar-refractivity contribution in [2.75, 3.05) is 24.6 Å². The third kappa shape index (κ3) is 5.49. The largest absolute Gasteiger partial charge is 0.493 e. The lowest BCUT2D eigenvalue weighted by atomic mass is 9.94. The molecule has 2 heterocycles. The molecule has 31 heavy (non-hydrogen) atoms. The number of aliphatic carboxylic acids is 1. The first kappa shape index (κ1) is 21.9. The Kier molecular flexibility index (Phi) is 6.98. The van der Waals surface area contributed by atoms with Crippen LogP contribution < -0.4 is 9.64 Å². The summed E-state index contributed by atoms with van der Waals surface area (Å²) in [5, 5.41) is 10.9. The SMILES string of the molecule is CCc1ccc(CC(=O)O)cc1OCCC1CCN(c2nc3ccc(Cl)cc3s2)CC1. The summed E-state index contributed by atoms with van der Waals surface area (Å²) < 4.78 is 7.22. The van der Waals surface area contributed by atoms with Gasteiger partial charge in [-0.2, -0.15) is 0 Å². The van der Waals surface area contributed by atoms with Crippen LogP contribution >= 0.6 is 22.9 Å². The van der Waals surface area contributed by atoms with E-state index in [4.69, 9.17) is 26.4 Å². The summed E-state index contributed by atoms with van der Waals surface area (Å²) in [6.45, 7) is 4.76. The maximum absolute atomic E-state index is 11.0. The number of hydrogen-bond acceptors (Lipinski definition) is 5. The first-order valence-electron chi connectivity index (χ1n) is 10.8. The van der Waals surface area contributed by atoms with E-state index in [-0.39, 0.29) is 6.42 Å². The number of piperidine rings is 1. The van der Waals surface area contributed by atoms with Gasteiger partial charge in [-0.1, -0.05) is 42.0 Å². The number of aryl methyl sites for hydroxylation is 1. The summed E-state index contributed by atoms with van der Waals surface area (Å²) in [5.41, 5.74) is 2.92. The summed E-state index contributed by atoms with van der Waals surface area (Å²) in [7, 11) is 0. The lowest BCUT2D eigenvalue weighted by molar-refractivity contribution is -0.136. The molecule has 0 amide bonds. The fraction of sp³-hybridized carbons (Fsp3) is 0.417. The highest BCUT2D eigenvalue weighted by molar-refractivity contribution is 7.22. The highest BCUT2D eigenvalue weighted by Crippen LogP contribution is 2.33. The average Bonchev–Trinajstić information content (AvgIpc) is 3.17. The third-order valence-corrected chi connectivity index (χ3v) is 7.19. The zero-order chi connectivity index (χ0) is 21.8. The number of halogens is 1. The number of anilines is 1. The number of fused-ring (bicyclic) bond motifs is 1. The van der Waals surface area contributed by atoms with Crippen molar-refractivity contribution in [2.45, 2.75) is 39.0 Å². The van der Waals surface area contributed by atoms with E-state index in [9.17, 15) is 4.79 Å². The van der Waals surface area contributed by atoms with E-state index in [1.165, 1.54) is 0 Å². The molecular weight excluding hydrogens is 432 g/mol. The Morgan fingerprint density at radius 2 is 2.06 bits per heavy atom. The first-order chi connectivity index (χ1) is 15.0. The van der Waals surface area contributed by atoms with E-state index in [0.717, 1.165) is 76.0 Å². The second-order valence-corrected chi connectivity index (χ2v) is 9.49. The number of carboxylic acid groups (broad SMARTS) is 1. The average molecular weight is 459 g/mol. The van der Waals surface area contributed by atoms with Gasteiger partial charge in [0.2, 0.25) is 0 Å². The Hall–Kier alpha value is -2.31. The van der Waals surface area contributed by atoms with Crippen LogP contribution in [0.15, 0.2) is 36.4 Å². The Morgan fingerprint density at radius 3 is 2.81 bits per heavy atom. The fourth-order valence-corrected chi connectivity index (χ4v) is 5.37. The fourth-order valence-electron chi connectivity index (χ4n) is 4.08. The highest BCUT2D eigenvalue weighted by atomic mass is 35.5. The van der Waals surface area contributed by atoms with Crippen LogP contribution in [0, 0.1) is 5.92 Å². The van der Waals surface area contributed by atoms with E-state index in [1.807, 2.05) is 36.4 Å². The predicted octanol–water partition coefficient (Wildman–Crippen LogP) is 5.82. The standard InChI is InChI=1S/C24H27ClN2O3S/c1-2-18-4-3-17(14-23(28)29)13-21(18)30-12-9-16-7-10-27(11-8-16)24-26-20-6-5-19(25)15-22(20)31-24/h3-6,13,15-16H,2,7-12,14H2,1H3,(H,28,29). The number of carbonyl (C=O) groups is 1. The number of ether oxygens (including phenoxy) is 1. The molecule has 2 aromatic carbocycles. The Morgan fingerprint density at radius 1 is 1.26 bits per heavy atom. The van der Waals surface area contributed by atoms with Gasteiger partial charge in [0.25, 0.3) is 0 Å². The van der Waals surface area contributed by atoms with Crippen LogP contribution in [0.4, 0.5) is 5.13 Å². The summed E-state index contributed by atoms with van der Waals surface area (Å²) in [6.07, 6.45) is 4.15. The van der Waals surface area contributed by atoms with Crippen LogP contribution in [0.1, 0.15) is 37.3 Å². The normalized spacial score (nSPS) is 14.8. The van der Waals surface area contributed by atoms with E-state index >= 15 is 0 Å². The maximum atomic E-state index is 11.0. The van der Waals surface area contributed by atoms with Gasteiger partial charge >= 0.3 is 5.97 Å². The topological polar surface area (TPSA) is 62.7 Å². The van der Waals surface area contributed by atoms with E-state index < -0.39 is 5.97 Å². The number of carboxylic acids is 1. The van der Waals surface area contributed by atoms with Crippen LogP contribution in [0.5, 0.6) is 5.75 Å². The molecule has 1 aliphatic heterocycles. The molecule has 0 aliphatic carbocycles. The molecule has 0 bridgehead atoms. The van der Waals surface area contributed by atoms with Gasteiger partial charge in [0.05, 0.1) is 23.2 Å². The Balaban J connectivity index is 1.29. The summed E-state index contributed by atoms with van der Waals surface area (Å²) >= 11 is 7.81. The van der Waals surface area contributed by atoms with Crippen molar-refractivity contribution in [2.24, 2.45) is 5.92 Å². The van der Waals surface area contributed by atoms with Gasteiger partial charge in [-0.25, -0.2) is 4.98 Å². The molecule has 0 saturated carbocycles. The van der Waals surface area contributed by atoms with Gasteiger partial charge in [-0.15, -0.1) is 0 Å². The summed E-state index contributed by atoms with van der Waals surface area (Å²) in [6, 6.07) is 11.6. The van der Waals surface area contributed by atoms with Gasteiger partial charge in [-0.05, 0) is 67.0 Å². The molecule has 0 atom stereocenters. The number of thiazole rings is 1. The van der Waals surface area contributed by atoms with Crippen molar-refractivity contribution in [3.63, 3.8) is 0 Å². The molecule has 1 saturated heterocycles. The third-order valence-electron chi connectivity index (χ3n) is 5.88. The van der Waals surface area contributed by atoms with Gasteiger partial charge in [0, 0.05) is 18.1 Å². The van der Waals surface area contributed by atoms with E-state index in [1.54, 1.807) is 11.3 Å². The van der Waals surface area contributed by atoms with Crippen LogP contribution in [0.25, 0.3) is 10.2 Å². The molecule has 1 aromatic heterocycles. The van der Waals surface area contributed by atoms with Gasteiger partial charge in [0.1, 0.15) is 5.75 Å². The number of rotatable bonds is 8. The molecule has 1 fully saturated rings. The van der Waals surface area contributed by atoms with Crippen molar-refractivity contribution < 1.29 is 14.6 Å². The van der Waals surface area contributed by atoms with E-state index in [2.05, 4.69) is 11.8 Å². The number of benzene rings is 2. The minimum atomic E-state index is -0.821. The Labute approximate surface area is 191 Å². The minimum absolute atomic E-state index is 0.0246. The van der Waals surface area contributed by atoms with Crippen molar-refractivity contribution in [1.82, 2.24) is 4.98 Å². The van der Waals surface area contributed by atoms with Crippen molar-refractivity contribution >= 4 is 44.3 Å². The first-order valence-corrected chi connectivity index (χ1v) is 12.0. The molecule has 4 rings (SSSR count). The zero-order valence-electron chi connectivity index (χ0n) is 17.6. The van der Waals surface area contributed by atoms with Crippen LogP contribution in [0.3, 0.4) is 0 Å². The lowest BCUT2D eigenvalue weighted by Crippen LogP contribution is -2.34. The molecule has 0 unspecified atom stereocenters. The van der Waals surface area contributed by atoms with Gasteiger partial charge in [0.15, 0.2) is 5.13 Å². The summed E-state index contributed by atoms with van der Waals surface area (Å²) in [5.74, 6) is 0.636. The maximum Gasteiger partial charge on any atom is 0.307 e.